The van der Waals surface area contributed by atoms with Gasteiger partial charge in [-0.05, 0) is 254 Å². The molecule has 0 radical (unpaired) electrons. The van der Waals surface area contributed by atoms with Crippen LogP contribution in [-0.2, 0) is 0 Å². The molecular weight excluding hydrogens is 1900 g/mol. The van der Waals surface area contributed by atoms with E-state index in [1.54, 1.807) is 0 Å². The Balaban J connectivity index is 0.0000000899. The minimum absolute atomic E-state index is 0.925. The van der Waals surface area contributed by atoms with Crippen molar-refractivity contribution in [2.45, 2.75) is 39.2 Å². The molecule has 0 spiro atoms. The van der Waals surface area contributed by atoms with Crippen molar-refractivity contribution in [3.8, 4) is 106 Å². The summed E-state index contributed by atoms with van der Waals surface area (Å²) in [6.45, 7) is 0. The molecule has 7 aromatic heterocycles. The highest BCUT2D eigenvalue weighted by Gasteiger charge is 2.31. The van der Waals surface area contributed by atoms with Crippen molar-refractivity contribution in [2.75, 3.05) is 0 Å². The van der Waals surface area contributed by atoms with Gasteiger partial charge in [-0.2, -0.15) is 0 Å². The number of para-hydroxylation sites is 12. The number of furan rings is 1. The Hall–Kier alpha value is -17.5. The molecule has 34 rings (SSSR count). The Morgan fingerprint density at radius 2 is 0.463 bits per heavy atom. The Bertz CT molecular complexity index is 10500. The first kappa shape index (κ1) is 85.8. The van der Waals surface area contributed by atoms with Crippen molar-refractivity contribution in [2.24, 2.45) is 0 Å². The van der Waals surface area contributed by atoms with Crippen LogP contribution < -0.4 is 0 Å². The quantitative estimate of drug-likeness (QED) is 0.152. The molecule has 0 fully saturated rings. The second kappa shape index (κ2) is 34.6. The SMILES string of the molecule is c1cc(-c2cc3c4c(c2)c2ccccc2n4-c2ccccc2S3)cc(-c2cccc3c2oc2ccccc23)c1.c1cc(-c2cc3c4c(c2)c2ccccc2n4-c2ccccc2S3)cc(-c2cccc3c2sc2ccccc23)c1.c1ccc(-c2cccc(-c3cc4c5c(c3)c3ccccc3n5-c3ccccc3S4)c2)cc1.c1ccc(-n2c3ccccc3c3cc(-c4cc5c6c(c4)c4ccccc4n6-c4ccccc4S5)ccc32)cc1. The molecule has 0 saturated heterocycles. The van der Waals surface area contributed by atoms with E-state index in [4.69, 9.17) is 4.42 Å². The standard InChI is InChI=1S/C36H22N2S.C36H21NOS.C36H21NS2.C30H19NS/c1-2-10-25(11-3-1)37-30-14-6-4-12-26(30)28-20-23(18-19-32(28)37)24-21-29-27-13-5-7-15-31(27)38-33-16-8-9-17-34(33)39-35(22-24)36(29)38;1-3-15-30-26(11-1)29-20-24(21-34-35(29)37(30)31-16-4-6-18-33(31)39-34)22-9-7-10-23(19-22)25-13-8-14-28-27-12-2-5-17-32(27)38-36(25)28;1-3-15-30-26(11-1)29-20-24(21-34-35(29)37(30)31-16-4-6-18-33(31)38-34)22-9-7-10-23(19-22)25-13-8-14-28-27-12-2-5-17-32(27)39-36(25)28;1-2-9-20(10-3-1)21-11-8-12-22(17-21)23-18-25-24-13-4-5-14-26(24)31-27-15-6-7-16-28(27)32-29(19-23)30(25)31/h1-22H;2*1-21H;1-19H. The molecule has 11 heterocycles. The predicted molar refractivity (Wildman–Crippen MR) is 632 cm³/mol. The topological polar surface area (TPSA) is 37.8 Å². The summed E-state index contributed by atoms with van der Waals surface area (Å²) in [6.07, 6.45) is 0. The lowest BCUT2D eigenvalue weighted by Gasteiger charge is -2.20. The van der Waals surface area contributed by atoms with E-state index in [0.29, 0.717) is 0 Å². The average Bonchev–Trinajstić information content (AvgIpc) is 1.57. The monoisotopic (exact) mass is 1990 g/mol. The Labute approximate surface area is 878 Å². The summed E-state index contributed by atoms with van der Waals surface area (Å²) in [5.41, 5.74) is 38.2. The van der Waals surface area contributed by atoms with Gasteiger partial charge in [-0.25, -0.2) is 0 Å². The first-order chi connectivity index (χ1) is 73.9. The molecule has 0 aliphatic carbocycles. The number of benzene rings is 23. The van der Waals surface area contributed by atoms with E-state index in [1.807, 2.05) is 70.5 Å². The first-order valence-electron chi connectivity index (χ1n) is 50.5. The van der Waals surface area contributed by atoms with Crippen LogP contribution in [0.15, 0.2) is 547 Å². The molecule has 0 saturated carbocycles. The summed E-state index contributed by atoms with van der Waals surface area (Å²) < 4.78 is 21.2. The van der Waals surface area contributed by atoms with Gasteiger partial charge in [0.05, 0.1) is 77.9 Å². The minimum Gasteiger partial charge on any atom is -0.455 e. The van der Waals surface area contributed by atoms with Gasteiger partial charge in [-0.1, -0.05) is 369 Å². The summed E-state index contributed by atoms with van der Waals surface area (Å²) in [5.74, 6) is 0. The second-order valence-corrected chi connectivity index (χ2v) is 44.1. The lowest BCUT2D eigenvalue weighted by atomic mass is 9.97. The van der Waals surface area contributed by atoms with Crippen LogP contribution in [0.5, 0.6) is 0 Å². The van der Waals surface area contributed by atoms with Crippen molar-refractivity contribution >= 4 is 210 Å². The fraction of sp³-hybridized carbons (Fsp3) is 0. The normalized spacial score (nSPS) is 12.5. The van der Waals surface area contributed by atoms with Crippen LogP contribution >= 0.6 is 58.4 Å². The van der Waals surface area contributed by atoms with E-state index in [2.05, 4.69) is 514 Å². The smallest absolute Gasteiger partial charge is 0.143 e. The van der Waals surface area contributed by atoms with E-state index >= 15 is 0 Å². The zero-order valence-electron chi connectivity index (χ0n) is 80.1. The van der Waals surface area contributed by atoms with Gasteiger partial charge >= 0.3 is 0 Å². The number of fused-ring (bicyclic) bond motifs is 29. The third-order valence-corrected chi connectivity index (χ3v) is 36.0. The lowest BCUT2D eigenvalue weighted by molar-refractivity contribution is 0.670. The molecule has 4 aliphatic rings. The van der Waals surface area contributed by atoms with Gasteiger partial charge in [0.2, 0.25) is 0 Å². The number of rotatable bonds is 8. The maximum Gasteiger partial charge on any atom is 0.143 e. The molecule has 30 aromatic rings. The van der Waals surface area contributed by atoms with Crippen LogP contribution in [0.3, 0.4) is 0 Å². The Kier molecular flexibility index (Phi) is 19.9. The van der Waals surface area contributed by atoms with Crippen LogP contribution in [-0.4, -0.2) is 22.8 Å². The highest BCUT2D eigenvalue weighted by molar-refractivity contribution is 8.00. The van der Waals surface area contributed by atoms with E-state index in [0.717, 1.165) is 33.1 Å². The van der Waals surface area contributed by atoms with Crippen LogP contribution in [0, 0.1) is 0 Å². The fourth-order valence-corrected chi connectivity index (χ4v) is 29.6. The molecule has 696 valence electrons. The zero-order valence-corrected chi connectivity index (χ0v) is 84.2. The largest absolute Gasteiger partial charge is 0.455 e. The van der Waals surface area contributed by atoms with Crippen LogP contribution in [0.2, 0.25) is 0 Å². The van der Waals surface area contributed by atoms with Gasteiger partial charge in [0, 0.05) is 135 Å². The Morgan fingerprint density at radius 1 is 0.161 bits per heavy atom. The zero-order chi connectivity index (χ0) is 97.6. The number of aromatic nitrogens is 5. The van der Waals surface area contributed by atoms with Gasteiger partial charge in [0.25, 0.3) is 0 Å². The van der Waals surface area contributed by atoms with Gasteiger partial charge in [-0.15, -0.1) is 11.3 Å². The second-order valence-electron chi connectivity index (χ2n) is 38.8. The minimum atomic E-state index is 0.925. The van der Waals surface area contributed by atoms with Gasteiger partial charge in [0.1, 0.15) is 11.2 Å². The van der Waals surface area contributed by atoms with Crippen LogP contribution in [0.4, 0.5) is 0 Å². The highest BCUT2D eigenvalue weighted by Crippen LogP contribution is 2.56. The molecule has 0 N–H and O–H groups in total. The number of nitrogens with zero attached hydrogens (tertiary/aromatic N) is 5. The van der Waals surface area contributed by atoms with E-state index in [-0.39, 0.29) is 0 Å². The van der Waals surface area contributed by atoms with Crippen molar-refractivity contribution in [3.05, 3.63) is 504 Å². The highest BCUT2D eigenvalue weighted by atomic mass is 32.2. The average molecular weight is 1990 g/mol. The molecule has 149 heavy (non-hydrogen) atoms. The maximum absolute atomic E-state index is 6.36. The van der Waals surface area contributed by atoms with Crippen molar-refractivity contribution in [3.63, 3.8) is 0 Å². The molecule has 23 aromatic carbocycles. The summed E-state index contributed by atoms with van der Waals surface area (Å²) in [6, 6.07) is 183. The van der Waals surface area contributed by atoms with E-state index in [9.17, 15) is 0 Å². The van der Waals surface area contributed by atoms with E-state index < -0.39 is 0 Å². The summed E-state index contributed by atoms with van der Waals surface area (Å²) in [5, 5.41) is 18.0. The summed E-state index contributed by atoms with van der Waals surface area (Å²) in [4.78, 5) is 10.4. The predicted octanol–water partition coefficient (Wildman–Crippen LogP) is 40.0. The van der Waals surface area contributed by atoms with E-state index in [1.165, 1.54) is 264 Å². The third-order valence-electron chi connectivity index (χ3n) is 30.4. The maximum atomic E-state index is 6.36. The molecule has 6 nitrogen and oxygen atoms in total. The van der Waals surface area contributed by atoms with Crippen molar-refractivity contribution < 1.29 is 4.42 Å². The molecule has 0 amide bonds. The van der Waals surface area contributed by atoms with Gasteiger partial charge in [0.15, 0.2) is 0 Å². The number of hydrogen-bond acceptors (Lipinski definition) is 6. The fourth-order valence-electron chi connectivity index (χ4n) is 23.8. The first-order valence-corrected chi connectivity index (χ1v) is 54.6. The molecule has 4 aliphatic heterocycles. The third kappa shape index (κ3) is 13.8. The molecular formula is C138H83N5OS5. The molecule has 11 heteroatoms. The van der Waals surface area contributed by atoms with Crippen molar-refractivity contribution in [1.82, 2.24) is 22.8 Å². The summed E-state index contributed by atoms with van der Waals surface area (Å²) >= 11 is 9.41. The van der Waals surface area contributed by atoms with Gasteiger partial charge < -0.3 is 27.3 Å². The summed E-state index contributed by atoms with van der Waals surface area (Å²) in [7, 11) is 0. The Morgan fingerprint density at radius 3 is 0.919 bits per heavy atom. The molecule has 0 bridgehead atoms. The van der Waals surface area contributed by atoms with Crippen LogP contribution in [0.25, 0.3) is 257 Å². The van der Waals surface area contributed by atoms with Crippen LogP contribution in [0.1, 0.15) is 0 Å². The lowest BCUT2D eigenvalue weighted by Crippen LogP contribution is -2.01. The number of thiophene rings is 1. The number of hydrogen-bond donors (Lipinski definition) is 0. The molecule has 0 unspecified atom stereocenters. The van der Waals surface area contributed by atoms with Gasteiger partial charge in [-0.3, -0.25) is 0 Å². The molecule has 0 atom stereocenters. The van der Waals surface area contributed by atoms with Crippen molar-refractivity contribution in [1.29, 1.82) is 0 Å².